The van der Waals surface area contributed by atoms with Crippen LogP contribution in [0.3, 0.4) is 0 Å². The summed E-state index contributed by atoms with van der Waals surface area (Å²) in [5.41, 5.74) is 0.845. The molecular weight excluding hydrogens is 399 g/mol. The van der Waals surface area contributed by atoms with Crippen LogP contribution >= 0.6 is 23.2 Å². The van der Waals surface area contributed by atoms with Crippen molar-refractivity contribution >= 4 is 44.2 Å². The summed E-state index contributed by atoms with van der Waals surface area (Å²) >= 11 is 12.3. The molecule has 0 unspecified atom stereocenters. The maximum Gasteiger partial charge on any atom is 0.433 e. The second-order valence-corrected chi connectivity index (χ2v) is 7.90. The van der Waals surface area contributed by atoms with Gasteiger partial charge in [0.25, 0.3) is 0 Å². The van der Waals surface area contributed by atoms with E-state index in [1.807, 2.05) is 6.92 Å². The molecule has 2 aromatic rings. The van der Waals surface area contributed by atoms with E-state index in [1.54, 1.807) is 25.1 Å². The van der Waals surface area contributed by atoms with Gasteiger partial charge in [0.1, 0.15) is 0 Å². The van der Waals surface area contributed by atoms with Crippen molar-refractivity contribution in [2.75, 3.05) is 6.54 Å². The molecular formula is C17H16Cl2N2O4S. The number of sulfone groups is 1. The summed E-state index contributed by atoms with van der Waals surface area (Å²) in [5.74, 6) is 0. The molecule has 0 saturated carbocycles. The molecule has 0 bridgehead atoms. The molecule has 0 aromatic heterocycles. The number of aryl methyl sites for hydroxylation is 1. The summed E-state index contributed by atoms with van der Waals surface area (Å²) in [6.45, 7) is 3.80. The molecule has 0 radical (unpaired) electrons. The van der Waals surface area contributed by atoms with Gasteiger partial charge in [-0.1, -0.05) is 52.1 Å². The third-order valence-corrected chi connectivity index (χ3v) is 5.61. The Morgan fingerprint density at radius 2 is 1.69 bits per heavy atom. The van der Waals surface area contributed by atoms with E-state index < -0.39 is 21.0 Å². The van der Waals surface area contributed by atoms with Crippen molar-refractivity contribution in [1.82, 2.24) is 5.32 Å². The van der Waals surface area contributed by atoms with Gasteiger partial charge in [0.15, 0.2) is 0 Å². The van der Waals surface area contributed by atoms with Crippen LogP contribution < -0.4 is 5.32 Å². The number of benzene rings is 2. The van der Waals surface area contributed by atoms with Gasteiger partial charge < -0.3 is 5.32 Å². The molecule has 0 atom stereocenters. The number of rotatable bonds is 4. The number of oxime groups is 1. The molecule has 2 aromatic carbocycles. The van der Waals surface area contributed by atoms with Crippen LogP contribution in [-0.4, -0.2) is 26.1 Å². The number of hydrogen-bond donors (Lipinski definition) is 1. The Kier molecular flexibility index (Phi) is 6.63. The molecule has 9 heteroatoms. The topological polar surface area (TPSA) is 84.8 Å². The van der Waals surface area contributed by atoms with Crippen LogP contribution in [0.15, 0.2) is 52.5 Å². The van der Waals surface area contributed by atoms with Crippen LogP contribution in [0.4, 0.5) is 4.79 Å². The number of nitrogens with zero attached hydrogens (tertiary/aromatic N) is 1. The summed E-state index contributed by atoms with van der Waals surface area (Å²) in [5, 5.41) is 5.47. The van der Waals surface area contributed by atoms with Crippen LogP contribution in [0, 0.1) is 6.92 Å². The summed E-state index contributed by atoms with van der Waals surface area (Å²) in [7, 11) is -4.15. The maximum atomic E-state index is 13.1. The summed E-state index contributed by atoms with van der Waals surface area (Å²) in [6, 6.07) is 10.6. The van der Waals surface area contributed by atoms with Gasteiger partial charge >= 0.3 is 6.09 Å². The molecule has 26 heavy (non-hydrogen) atoms. The number of amides is 1. The first-order valence-corrected chi connectivity index (χ1v) is 9.80. The number of nitrogens with one attached hydrogen (secondary N) is 1. The van der Waals surface area contributed by atoms with E-state index in [1.165, 1.54) is 24.3 Å². The van der Waals surface area contributed by atoms with Crippen LogP contribution in [0.1, 0.15) is 18.1 Å². The van der Waals surface area contributed by atoms with E-state index in [2.05, 4.69) is 15.3 Å². The first-order valence-electron chi connectivity index (χ1n) is 7.56. The third kappa shape index (κ3) is 4.55. The predicted molar refractivity (Wildman–Crippen MR) is 102 cm³/mol. The monoisotopic (exact) mass is 414 g/mol. The molecule has 0 fully saturated rings. The number of carbonyl (C=O) groups excluding carboxylic acids is 1. The highest BCUT2D eigenvalue weighted by atomic mass is 35.5. The largest absolute Gasteiger partial charge is 0.433 e. The lowest BCUT2D eigenvalue weighted by Gasteiger charge is -2.11. The first-order chi connectivity index (χ1) is 12.3. The Hall–Kier alpha value is -2.09. The second-order valence-electron chi connectivity index (χ2n) is 5.22. The molecule has 6 nitrogen and oxygen atoms in total. The Balaban J connectivity index is 2.62. The van der Waals surface area contributed by atoms with Crippen LogP contribution in [0.25, 0.3) is 0 Å². The van der Waals surface area contributed by atoms with Gasteiger partial charge in [-0.05, 0) is 38.1 Å². The highest BCUT2D eigenvalue weighted by Gasteiger charge is 2.29. The fourth-order valence-electron chi connectivity index (χ4n) is 2.02. The van der Waals surface area contributed by atoms with Crippen molar-refractivity contribution in [3.63, 3.8) is 0 Å². The van der Waals surface area contributed by atoms with Gasteiger partial charge in [-0.15, -0.1) is 0 Å². The SMILES string of the molecule is CCNC(=O)ON=C(c1c(Cl)cccc1Cl)S(=O)(=O)c1ccc(C)cc1. The third-order valence-electron chi connectivity index (χ3n) is 3.30. The van der Waals surface area contributed by atoms with Crippen LogP contribution in [-0.2, 0) is 14.7 Å². The number of hydrogen-bond acceptors (Lipinski definition) is 5. The molecule has 1 amide bonds. The minimum absolute atomic E-state index is 0.0302. The summed E-state index contributed by atoms with van der Waals surface area (Å²) in [4.78, 5) is 16.2. The lowest BCUT2D eigenvalue weighted by molar-refractivity contribution is 0.152. The van der Waals surface area contributed by atoms with Crippen molar-refractivity contribution in [3.8, 4) is 0 Å². The molecule has 0 spiro atoms. The average Bonchev–Trinajstić information content (AvgIpc) is 2.58. The highest BCUT2D eigenvalue weighted by Crippen LogP contribution is 2.29. The van der Waals surface area contributed by atoms with Gasteiger partial charge in [0, 0.05) is 6.54 Å². The van der Waals surface area contributed by atoms with Crippen molar-refractivity contribution in [2.45, 2.75) is 18.7 Å². The summed E-state index contributed by atoms with van der Waals surface area (Å²) < 4.78 is 26.1. The lowest BCUT2D eigenvalue weighted by Crippen LogP contribution is -2.24. The Morgan fingerprint density at radius 3 is 2.23 bits per heavy atom. The molecule has 1 N–H and O–H groups in total. The molecule has 0 aliphatic heterocycles. The van der Waals surface area contributed by atoms with Crippen LogP contribution in [0.5, 0.6) is 0 Å². The van der Waals surface area contributed by atoms with Crippen molar-refractivity contribution in [3.05, 3.63) is 63.6 Å². The second kappa shape index (κ2) is 8.53. The zero-order valence-corrected chi connectivity index (χ0v) is 16.3. The van der Waals surface area contributed by atoms with E-state index in [-0.39, 0.29) is 20.5 Å². The summed E-state index contributed by atoms with van der Waals surface area (Å²) in [6.07, 6.45) is -0.896. The van der Waals surface area contributed by atoms with Gasteiger partial charge in [-0.25, -0.2) is 13.2 Å². The Morgan fingerprint density at radius 1 is 1.12 bits per heavy atom. The highest BCUT2D eigenvalue weighted by molar-refractivity contribution is 8.07. The van der Waals surface area contributed by atoms with Crippen molar-refractivity contribution < 1.29 is 18.0 Å². The Bertz CT molecular complexity index is 921. The molecule has 0 heterocycles. The quantitative estimate of drug-likeness (QED) is 0.351. The van der Waals surface area contributed by atoms with E-state index in [0.29, 0.717) is 6.54 Å². The standard InChI is InChI=1S/C17H16Cl2N2O4S/c1-3-20-17(22)25-21-16(15-13(18)5-4-6-14(15)19)26(23,24)12-9-7-11(2)8-10-12/h4-10H,3H2,1-2H3,(H,20,22). The molecule has 0 aliphatic rings. The van der Waals surface area contributed by atoms with Crippen LogP contribution in [0.2, 0.25) is 10.0 Å². The minimum Gasteiger partial charge on any atom is -0.320 e. The van der Waals surface area contributed by atoms with Gasteiger partial charge in [0.2, 0.25) is 14.9 Å². The first kappa shape index (κ1) is 20.2. The predicted octanol–water partition coefficient (Wildman–Crippen LogP) is 4.18. The van der Waals surface area contributed by atoms with Gasteiger partial charge in [-0.2, -0.15) is 0 Å². The molecule has 2 rings (SSSR count). The van der Waals surface area contributed by atoms with E-state index in [9.17, 15) is 13.2 Å². The minimum atomic E-state index is -4.15. The van der Waals surface area contributed by atoms with E-state index in [4.69, 9.17) is 23.2 Å². The zero-order valence-electron chi connectivity index (χ0n) is 14.0. The van der Waals surface area contributed by atoms with Crippen molar-refractivity contribution in [2.24, 2.45) is 5.16 Å². The lowest BCUT2D eigenvalue weighted by atomic mass is 10.2. The number of carbonyl (C=O) groups is 1. The van der Waals surface area contributed by atoms with Gasteiger partial charge in [0.05, 0.1) is 20.5 Å². The molecule has 138 valence electrons. The average molecular weight is 415 g/mol. The Labute approximate surface area is 161 Å². The van der Waals surface area contributed by atoms with E-state index >= 15 is 0 Å². The molecule has 0 saturated heterocycles. The normalized spacial score (nSPS) is 11.9. The number of halogens is 2. The van der Waals surface area contributed by atoms with E-state index in [0.717, 1.165) is 5.56 Å². The maximum absolute atomic E-state index is 13.1. The fraction of sp³-hybridized carbons (Fsp3) is 0.176. The zero-order chi connectivity index (χ0) is 19.3. The van der Waals surface area contributed by atoms with Gasteiger partial charge in [-0.3, -0.25) is 4.84 Å². The smallest absolute Gasteiger partial charge is 0.320 e. The fourth-order valence-corrected chi connectivity index (χ4v) is 4.05. The van der Waals surface area contributed by atoms with Crippen molar-refractivity contribution in [1.29, 1.82) is 0 Å². The molecule has 0 aliphatic carbocycles.